The van der Waals surface area contributed by atoms with E-state index in [4.69, 9.17) is 28.8 Å². The zero-order valence-electron chi connectivity index (χ0n) is 16.4. The fraction of sp³-hybridized carbons (Fsp3) is 0.238. The van der Waals surface area contributed by atoms with Crippen LogP contribution < -0.4 is 19.6 Å². The summed E-state index contributed by atoms with van der Waals surface area (Å²) < 4.78 is 21.5. The van der Waals surface area contributed by atoms with Crippen molar-refractivity contribution in [3.63, 3.8) is 0 Å². The first-order valence-electron chi connectivity index (χ1n) is 9.08. The average molecular weight is 432 g/mol. The van der Waals surface area contributed by atoms with E-state index in [0.29, 0.717) is 11.3 Å². The minimum absolute atomic E-state index is 0.0276. The SMILES string of the molecule is COc1ccc(-c2cc(=O)c3c(O)cc(OCC(O)CO)cc3o2)cc1OCC(=O)O. The zero-order valence-corrected chi connectivity index (χ0v) is 16.4. The molecule has 1 atom stereocenters. The van der Waals surface area contributed by atoms with Crippen molar-refractivity contribution in [2.24, 2.45) is 0 Å². The van der Waals surface area contributed by atoms with E-state index < -0.39 is 30.7 Å². The van der Waals surface area contributed by atoms with E-state index in [9.17, 15) is 19.8 Å². The number of carbonyl (C=O) groups is 1. The van der Waals surface area contributed by atoms with E-state index in [1.807, 2.05) is 0 Å². The van der Waals surface area contributed by atoms with Gasteiger partial charge in [0.25, 0.3) is 0 Å². The Morgan fingerprint density at radius 2 is 1.90 bits per heavy atom. The van der Waals surface area contributed by atoms with Crippen LogP contribution in [0.1, 0.15) is 0 Å². The molecule has 0 radical (unpaired) electrons. The lowest BCUT2D eigenvalue weighted by Gasteiger charge is -2.12. The summed E-state index contributed by atoms with van der Waals surface area (Å²) in [5.74, 6) is -0.845. The number of aliphatic carboxylic acids is 1. The number of benzene rings is 2. The highest BCUT2D eigenvalue weighted by Crippen LogP contribution is 2.35. The Kier molecular flexibility index (Phi) is 6.63. The number of phenols is 1. The van der Waals surface area contributed by atoms with Gasteiger partial charge in [-0.1, -0.05) is 0 Å². The van der Waals surface area contributed by atoms with Crippen molar-refractivity contribution < 1.29 is 43.8 Å². The minimum atomic E-state index is -1.17. The number of carboxylic acid groups (broad SMARTS) is 1. The highest BCUT2D eigenvalue weighted by molar-refractivity contribution is 5.86. The van der Waals surface area contributed by atoms with Gasteiger partial charge in [-0.25, -0.2) is 4.79 Å². The normalized spacial score (nSPS) is 11.8. The molecule has 164 valence electrons. The van der Waals surface area contributed by atoms with Gasteiger partial charge in [-0.2, -0.15) is 0 Å². The number of phenolic OH excluding ortho intramolecular Hbond substituents is 1. The largest absolute Gasteiger partial charge is 0.507 e. The van der Waals surface area contributed by atoms with Gasteiger partial charge in [-0.05, 0) is 18.2 Å². The smallest absolute Gasteiger partial charge is 0.341 e. The number of aliphatic hydroxyl groups is 2. The van der Waals surface area contributed by atoms with Crippen LogP contribution in [0.5, 0.6) is 23.0 Å². The van der Waals surface area contributed by atoms with Crippen molar-refractivity contribution in [3.05, 3.63) is 46.6 Å². The molecule has 0 saturated heterocycles. The van der Waals surface area contributed by atoms with E-state index >= 15 is 0 Å². The Labute approximate surface area is 175 Å². The average Bonchev–Trinajstić information content (AvgIpc) is 2.75. The lowest BCUT2D eigenvalue weighted by molar-refractivity contribution is -0.139. The van der Waals surface area contributed by atoms with Crippen LogP contribution >= 0.6 is 0 Å². The van der Waals surface area contributed by atoms with Crippen molar-refractivity contribution in [1.82, 2.24) is 0 Å². The molecule has 3 rings (SSSR count). The maximum absolute atomic E-state index is 12.6. The highest BCUT2D eigenvalue weighted by atomic mass is 16.5. The Bertz CT molecular complexity index is 1150. The third-order valence-electron chi connectivity index (χ3n) is 4.24. The zero-order chi connectivity index (χ0) is 22.5. The number of ether oxygens (including phenoxy) is 3. The van der Waals surface area contributed by atoms with Crippen LogP contribution in [0.15, 0.2) is 45.6 Å². The first-order chi connectivity index (χ1) is 14.8. The third kappa shape index (κ3) is 5.05. The van der Waals surface area contributed by atoms with Crippen LogP contribution in [0.25, 0.3) is 22.3 Å². The van der Waals surface area contributed by atoms with Gasteiger partial charge in [0.1, 0.15) is 40.9 Å². The molecular formula is C21H20O10. The predicted octanol–water partition coefficient (Wildman–Crippen LogP) is 1.37. The second-order valence-corrected chi connectivity index (χ2v) is 6.49. The predicted molar refractivity (Wildman–Crippen MR) is 108 cm³/mol. The molecule has 0 aliphatic carbocycles. The molecule has 0 aliphatic rings. The van der Waals surface area contributed by atoms with Crippen molar-refractivity contribution in [1.29, 1.82) is 0 Å². The molecule has 0 amide bonds. The van der Waals surface area contributed by atoms with Crippen LogP contribution in [0.3, 0.4) is 0 Å². The Morgan fingerprint density at radius 3 is 2.58 bits per heavy atom. The molecule has 4 N–H and O–H groups in total. The number of aromatic hydroxyl groups is 1. The van der Waals surface area contributed by atoms with Gasteiger partial charge in [-0.3, -0.25) is 4.79 Å². The Hall–Kier alpha value is -3.76. The summed E-state index contributed by atoms with van der Waals surface area (Å²) in [6.07, 6.45) is -1.11. The summed E-state index contributed by atoms with van der Waals surface area (Å²) in [4.78, 5) is 23.4. The van der Waals surface area contributed by atoms with E-state index in [1.165, 1.54) is 37.4 Å². The lowest BCUT2D eigenvalue weighted by atomic mass is 10.1. The third-order valence-corrected chi connectivity index (χ3v) is 4.24. The molecule has 1 unspecified atom stereocenters. The van der Waals surface area contributed by atoms with Crippen molar-refractivity contribution in [2.75, 3.05) is 26.9 Å². The first kappa shape index (κ1) is 21.9. The van der Waals surface area contributed by atoms with Gasteiger partial charge in [0.15, 0.2) is 23.5 Å². The topological polar surface area (TPSA) is 156 Å². The number of hydrogen-bond donors (Lipinski definition) is 4. The standard InChI is InChI=1S/C21H20O10/c1-28-16-3-2-11(4-18(16)30-10-20(26)27)17-7-15(25)21-14(24)5-13(6-19(21)31-17)29-9-12(23)8-22/h2-7,12,22-24H,8-10H2,1H3,(H,26,27). The van der Waals surface area contributed by atoms with Crippen LogP contribution in [0, 0.1) is 0 Å². The number of carboxylic acids is 1. The summed E-state index contributed by atoms with van der Waals surface area (Å²) in [6, 6.07) is 8.34. The molecule has 0 fully saturated rings. The second kappa shape index (κ2) is 9.37. The molecule has 3 aromatic rings. The van der Waals surface area contributed by atoms with Crippen LogP contribution in [0.2, 0.25) is 0 Å². The van der Waals surface area contributed by atoms with Gasteiger partial charge >= 0.3 is 5.97 Å². The number of fused-ring (bicyclic) bond motifs is 1. The fourth-order valence-electron chi connectivity index (χ4n) is 2.80. The van der Waals surface area contributed by atoms with Gasteiger partial charge in [0, 0.05) is 23.8 Å². The Morgan fingerprint density at radius 1 is 1.13 bits per heavy atom. The number of hydrogen-bond acceptors (Lipinski definition) is 9. The molecule has 1 aromatic heterocycles. The molecule has 0 bridgehead atoms. The lowest BCUT2D eigenvalue weighted by Crippen LogP contribution is -2.21. The number of rotatable bonds is 9. The summed E-state index contributed by atoms with van der Waals surface area (Å²) in [5.41, 5.74) is -0.0824. The van der Waals surface area contributed by atoms with Gasteiger partial charge in [0.05, 0.1) is 13.7 Å². The fourth-order valence-corrected chi connectivity index (χ4v) is 2.80. The molecule has 0 saturated carbocycles. The van der Waals surface area contributed by atoms with Crippen LogP contribution in [0.4, 0.5) is 0 Å². The minimum Gasteiger partial charge on any atom is -0.507 e. The Balaban J connectivity index is 2.03. The highest BCUT2D eigenvalue weighted by Gasteiger charge is 2.16. The van der Waals surface area contributed by atoms with Crippen LogP contribution in [-0.2, 0) is 4.79 Å². The molecule has 1 heterocycles. The number of methoxy groups -OCH3 is 1. The summed E-state index contributed by atoms with van der Waals surface area (Å²) in [7, 11) is 1.40. The molecular weight excluding hydrogens is 412 g/mol. The molecule has 10 heteroatoms. The summed E-state index contributed by atoms with van der Waals surface area (Å²) >= 11 is 0. The van der Waals surface area contributed by atoms with E-state index in [2.05, 4.69) is 0 Å². The molecule has 2 aromatic carbocycles. The van der Waals surface area contributed by atoms with Gasteiger partial charge in [0.2, 0.25) is 0 Å². The van der Waals surface area contributed by atoms with Crippen molar-refractivity contribution in [2.45, 2.75) is 6.10 Å². The van der Waals surface area contributed by atoms with Crippen molar-refractivity contribution in [3.8, 4) is 34.3 Å². The quantitative estimate of drug-likeness (QED) is 0.389. The van der Waals surface area contributed by atoms with E-state index in [0.717, 1.165) is 0 Å². The van der Waals surface area contributed by atoms with Crippen LogP contribution in [-0.4, -0.2) is 59.4 Å². The summed E-state index contributed by atoms with van der Waals surface area (Å²) in [5, 5.41) is 37.3. The van der Waals surface area contributed by atoms with E-state index in [1.54, 1.807) is 6.07 Å². The monoisotopic (exact) mass is 432 g/mol. The molecule has 31 heavy (non-hydrogen) atoms. The number of aliphatic hydroxyl groups excluding tert-OH is 2. The molecule has 10 nitrogen and oxygen atoms in total. The maximum Gasteiger partial charge on any atom is 0.341 e. The second-order valence-electron chi connectivity index (χ2n) is 6.49. The van der Waals surface area contributed by atoms with Crippen molar-refractivity contribution >= 4 is 16.9 Å². The molecule has 0 aliphatic heterocycles. The first-order valence-corrected chi connectivity index (χ1v) is 9.08. The van der Waals surface area contributed by atoms with E-state index in [-0.39, 0.29) is 40.6 Å². The van der Waals surface area contributed by atoms with Gasteiger partial charge < -0.3 is 39.1 Å². The summed E-state index contributed by atoms with van der Waals surface area (Å²) in [6.45, 7) is -1.31. The molecule has 0 spiro atoms. The van der Waals surface area contributed by atoms with Gasteiger partial charge in [-0.15, -0.1) is 0 Å². The maximum atomic E-state index is 12.6.